The predicted octanol–water partition coefficient (Wildman–Crippen LogP) is 0.0629. The lowest BCUT2D eigenvalue weighted by Crippen LogP contribution is -2.55. The summed E-state index contributed by atoms with van der Waals surface area (Å²) < 4.78 is 6.50. The van der Waals surface area contributed by atoms with Gasteiger partial charge in [-0.3, -0.25) is 14.3 Å². The highest BCUT2D eigenvalue weighted by atomic mass is 35.5. The van der Waals surface area contributed by atoms with E-state index in [9.17, 15) is 9.59 Å². The van der Waals surface area contributed by atoms with Crippen molar-refractivity contribution in [1.82, 2.24) is 20.4 Å². The number of nitrogens with one attached hydrogen (secondary N) is 2. The standard InChI is InChI=1S/C13H20N4O3.ClH/c1-2-20-11(18)10-15-12(19)13(4-7-14-8-5-13)17-9-3-6-16-17;/h3,6,9,14H,2,4-5,7-8,10H2,1H3,(H,15,19);1H. The summed E-state index contributed by atoms with van der Waals surface area (Å²) in [7, 11) is 0. The number of halogens is 1. The van der Waals surface area contributed by atoms with Crippen molar-refractivity contribution in [1.29, 1.82) is 0 Å². The van der Waals surface area contributed by atoms with Crippen LogP contribution in [0.4, 0.5) is 0 Å². The van der Waals surface area contributed by atoms with E-state index in [4.69, 9.17) is 4.74 Å². The first-order chi connectivity index (χ1) is 9.69. The van der Waals surface area contributed by atoms with Crippen molar-refractivity contribution >= 4 is 24.3 Å². The molecule has 0 radical (unpaired) electrons. The Bertz CT molecular complexity index is 458. The fourth-order valence-corrected chi connectivity index (χ4v) is 2.45. The number of aromatic nitrogens is 2. The number of nitrogens with zero attached hydrogens (tertiary/aromatic N) is 2. The largest absolute Gasteiger partial charge is 0.465 e. The van der Waals surface area contributed by atoms with Gasteiger partial charge in [-0.1, -0.05) is 0 Å². The molecule has 0 spiro atoms. The molecule has 0 bridgehead atoms. The molecule has 1 saturated heterocycles. The van der Waals surface area contributed by atoms with E-state index in [0.29, 0.717) is 19.4 Å². The number of hydrogen-bond acceptors (Lipinski definition) is 5. The molecule has 0 aromatic carbocycles. The van der Waals surface area contributed by atoms with E-state index in [-0.39, 0.29) is 24.9 Å². The van der Waals surface area contributed by atoms with Gasteiger partial charge in [0.05, 0.1) is 6.61 Å². The lowest BCUT2D eigenvalue weighted by atomic mass is 9.87. The van der Waals surface area contributed by atoms with Crippen molar-refractivity contribution in [3.63, 3.8) is 0 Å². The molecular formula is C13H21ClN4O3. The van der Waals surface area contributed by atoms with Crippen LogP contribution in [0.1, 0.15) is 19.8 Å². The van der Waals surface area contributed by atoms with Gasteiger partial charge in [0, 0.05) is 12.4 Å². The van der Waals surface area contributed by atoms with Gasteiger partial charge in [0.2, 0.25) is 5.91 Å². The fraction of sp³-hybridized carbons (Fsp3) is 0.615. The Morgan fingerprint density at radius 1 is 1.43 bits per heavy atom. The quantitative estimate of drug-likeness (QED) is 0.751. The van der Waals surface area contributed by atoms with Gasteiger partial charge in [-0.05, 0) is 38.9 Å². The normalized spacial score (nSPS) is 16.6. The number of carbonyl (C=O) groups excluding carboxylic acids is 2. The molecule has 118 valence electrons. The maximum atomic E-state index is 12.5. The number of esters is 1. The lowest BCUT2D eigenvalue weighted by molar-refractivity contribution is -0.145. The zero-order chi connectivity index (χ0) is 14.4. The minimum Gasteiger partial charge on any atom is -0.465 e. The van der Waals surface area contributed by atoms with Gasteiger partial charge >= 0.3 is 5.97 Å². The second kappa shape index (κ2) is 7.99. The van der Waals surface area contributed by atoms with Crippen LogP contribution in [0.5, 0.6) is 0 Å². The summed E-state index contributed by atoms with van der Waals surface area (Å²) >= 11 is 0. The summed E-state index contributed by atoms with van der Waals surface area (Å²) in [5.41, 5.74) is -0.721. The molecule has 1 aliphatic rings. The molecule has 0 atom stereocenters. The van der Waals surface area contributed by atoms with E-state index in [0.717, 1.165) is 13.1 Å². The van der Waals surface area contributed by atoms with Crippen molar-refractivity contribution < 1.29 is 14.3 Å². The third kappa shape index (κ3) is 3.95. The van der Waals surface area contributed by atoms with Crippen LogP contribution >= 0.6 is 12.4 Å². The van der Waals surface area contributed by atoms with Gasteiger partial charge in [0.15, 0.2) is 0 Å². The van der Waals surface area contributed by atoms with Crippen LogP contribution in [0.2, 0.25) is 0 Å². The fourth-order valence-electron chi connectivity index (χ4n) is 2.45. The maximum Gasteiger partial charge on any atom is 0.325 e. The molecule has 1 fully saturated rings. The first-order valence-electron chi connectivity index (χ1n) is 6.84. The molecule has 2 N–H and O–H groups in total. The smallest absolute Gasteiger partial charge is 0.325 e. The third-order valence-corrected chi connectivity index (χ3v) is 3.49. The van der Waals surface area contributed by atoms with E-state index < -0.39 is 11.5 Å². The third-order valence-electron chi connectivity index (χ3n) is 3.49. The summed E-state index contributed by atoms with van der Waals surface area (Å²) in [4.78, 5) is 23.9. The first kappa shape index (κ1) is 17.5. The molecule has 21 heavy (non-hydrogen) atoms. The second-order valence-corrected chi connectivity index (χ2v) is 4.72. The molecule has 1 aliphatic heterocycles. The van der Waals surface area contributed by atoms with Crippen molar-refractivity contribution in [2.45, 2.75) is 25.3 Å². The molecule has 0 saturated carbocycles. The molecule has 7 nitrogen and oxygen atoms in total. The highest BCUT2D eigenvalue weighted by Gasteiger charge is 2.41. The van der Waals surface area contributed by atoms with Crippen LogP contribution in [0, 0.1) is 0 Å². The predicted molar refractivity (Wildman–Crippen MR) is 79.2 cm³/mol. The van der Waals surface area contributed by atoms with Crippen molar-refractivity contribution in [2.24, 2.45) is 0 Å². The van der Waals surface area contributed by atoms with Crippen molar-refractivity contribution in [3.8, 4) is 0 Å². The van der Waals surface area contributed by atoms with Gasteiger partial charge < -0.3 is 15.4 Å². The van der Waals surface area contributed by atoms with Crippen LogP contribution in [-0.4, -0.2) is 47.9 Å². The molecule has 0 unspecified atom stereocenters. The number of ether oxygens (including phenoxy) is 1. The zero-order valence-electron chi connectivity index (χ0n) is 12.0. The number of carbonyl (C=O) groups is 2. The van der Waals surface area contributed by atoms with Crippen molar-refractivity contribution in [3.05, 3.63) is 18.5 Å². The Morgan fingerprint density at radius 2 is 2.14 bits per heavy atom. The number of piperidine rings is 1. The summed E-state index contributed by atoms with van der Waals surface area (Å²) in [5.74, 6) is -0.610. The minimum atomic E-state index is -0.721. The van der Waals surface area contributed by atoms with Crippen LogP contribution in [-0.2, 0) is 19.9 Å². The van der Waals surface area contributed by atoms with Gasteiger partial charge in [-0.25, -0.2) is 0 Å². The molecule has 8 heteroatoms. The summed E-state index contributed by atoms with van der Waals surface area (Å²) in [6, 6.07) is 1.79. The Morgan fingerprint density at radius 3 is 2.71 bits per heavy atom. The second-order valence-electron chi connectivity index (χ2n) is 4.72. The zero-order valence-corrected chi connectivity index (χ0v) is 12.8. The molecular weight excluding hydrogens is 296 g/mol. The van der Waals surface area contributed by atoms with Crippen LogP contribution in [0.3, 0.4) is 0 Å². The monoisotopic (exact) mass is 316 g/mol. The van der Waals surface area contributed by atoms with E-state index in [1.807, 2.05) is 0 Å². The molecule has 1 amide bonds. The highest BCUT2D eigenvalue weighted by Crippen LogP contribution is 2.26. The lowest BCUT2D eigenvalue weighted by Gasteiger charge is -2.36. The SMILES string of the molecule is CCOC(=O)CNC(=O)C1(n2cccn2)CCNCC1.Cl. The van der Waals surface area contributed by atoms with Crippen LogP contribution in [0.25, 0.3) is 0 Å². The van der Waals surface area contributed by atoms with E-state index in [2.05, 4.69) is 15.7 Å². The first-order valence-corrected chi connectivity index (χ1v) is 6.84. The summed E-state index contributed by atoms with van der Waals surface area (Å²) in [6.07, 6.45) is 4.73. The molecule has 2 rings (SSSR count). The molecule has 2 heterocycles. The van der Waals surface area contributed by atoms with E-state index in [1.54, 1.807) is 30.1 Å². The Balaban J connectivity index is 0.00000220. The number of rotatable bonds is 5. The average molecular weight is 317 g/mol. The van der Waals surface area contributed by atoms with Gasteiger partial charge in [0.1, 0.15) is 12.1 Å². The average Bonchev–Trinajstić information content (AvgIpc) is 3.00. The summed E-state index contributed by atoms with van der Waals surface area (Å²) in [6.45, 7) is 3.42. The van der Waals surface area contributed by atoms with Crippen LogP contribution in [0.15, 0.2) is 18.5 Å². The number of hydrogen-bond donors (Lipinski definition) is 2. The van der Waals surface area contributed by atoms with Crippen LogP contribution < -0.4 is 10.6 Å². The highest BCUT2D eigenvalue weighted by molar-refractivity contribution is 5.87. The van der Waals surface area contributed by atoms with E-state index in [1.165, 1.54) is 0 Å². The Labute approximate surface area is 129 Å². The van der Waals surface area contributed by atoms with Gasteiger partial charge in [0.25, 0.3) is 0 Å². The molecule has 0 aliphatic carbocycles. The summed E-state index contributed by atoms with van der Waals surface area (Å²) in [5, 5.41) is 10.1. The Hall–Kier alpha value is -1.60. The molecule has 1 aromatic rings. The van der Waals surface area contributed by atoms with Gasteiger partial charge in [-0.15, -0.1) is 12.4 Å². The van der Waals surface area contributed by atoms with Gasteiger partial charge in [-0.2, -0.15) is 5.10 Å². The Kier molecular flexibility index (Phi) is 6.64. The number of amides is 1. The molecule has 1 aromatic heterocycles. The topological polar surface area (TPSA) is 85.2 Å². The van der Waals surface area contributed by atoms with E-state index >= 15 is 0 Å². The van der Waals surface area contributed by atoms with Crippen molar-refractivity contribution in [2.75, 3.05) is 26.2 Å². The minimum absolute atomic E-state index is 0. The maximum absolute atomic E-state index is 12.5.